The van der Waals surface area contributed by atoms with Gasteiger partial charge in [0.2, 0.25) is 0 Å². The number of ether oxygens (including phenoxy) is 1. The molecular weight excluding hydrogens is 142 g/mol. The highest BCUT2D eigenvalue weighted by atomic mass is 16.5. The fraction of sp³-hybridized carbons (Fsp3) is 0.875. The van der Waals surface area contributed by atoms with Crippen molar-refractivity contribution < 1.29 is 14.0 Å². The van der Waals surface area contributed by atoms with Crippen molar-refractivity contribution >= 4 is 5.97 Å². The number of rotatable bonds is 3. The molecule has 0 aromatic rings. The second-order valence-corrected chi connectivity index (χ2v) is 3.77. The lowest BCUT2D eigenvalue weighted by Gasteiger charge is -2.30. The van der Waals surface area contributed by atoms with Gasteiger partial charge in [0, 0.05) is 6.92 Å². The summed E-state index contributed by atoms with van der Waals surface area (Å²) in [6.07, 6.45) is 0. The average molecular weight is 160 g/mol. The predicted octanol–water partition coefficient (Wildman–Crippen LogP) is 0.644. The van der Waals surface area contributed by atoms with Crippen molar-refractivity contribution in [3.05, 3.63) is 0 Å². The Bertz CT molecular complexity index is 138. The topological polar surface area (TPSA) is 26.3 Å². The lowest BCUT2D eigenvalue weighted by atomic mass is 10.3. The zero-order valence-electron chi connectivity index (χ0n) is 8.05. The number of hydrogen-bond donors (Lipinski definition) is 0. The van der Waals surface area contributed by atoms with Gasteiger partial charge in [0.15, 0.2) is 0 Å². The molecule has 0 rings (SSSR count). The molecule has 0 unspecified atom stereocenters. The standard InChI is InChI=1S/C8H18NO2/c1-7(9(3,4)5)6-11-8(2)10/h7H,6H2,1-5H3/q+1/t7-/m0/s1. The summed E-state index contributed by atoms with van der Waals surface area (Å²) in [6, 6.07) is 0.346. The first-order chi connectivity index (χ1) is 4.84. The van der Waals surface area contributed by atoms with E-state index in [1.54, 1.807) is 0 Å². The SMILES string of the molecule is CC(=O)OC[C@H](C)[N+](C)(C)C. The van der Waals surface area contributed by atoms with Crippen LogP contribution in [0.5, 0.6) is 0 Å². The van der Waals surface area contributed by atoms with Crippen molar-refractivity contribution in [1.82, 2.24) is 0 Å². The maximum Gasteiger partial charge on any atom is 0.302 e. The zero-order chi connectivity index (χ0) is 9.07. The number of carbonyl (C=O) groups excluding carboxylic acids is 1. The van der Waals surface area contributed by atoms with E-state index in [1.165, 1.54) is 6.92 Å². The van der Waals surface area contributed by atoms with E-state index >= 15 is 0 Å². The smallest absolute Gasteiger partial charge is 0.302 e. The third-order valence-electron chi connectivity index (χ3n) is 1.85. The second kappa shape index (κ2) is 3.72. The van der Waals surface area contributed by atoms with E-state index in [2.05, 4.69) is 28.1 Å². The van der Waals surface area contributed by atoms with Crippen LogP contribution in [0.2, 0.25) is 0 Å². The normalized spacial score (nSPS) is 14.3. The van der Waals surface area contributed by atoms with Crippen molar-refractivity contribution in [2.45, 2.75) is 19.9 Å². The van der Waals surface area contributed by atoms with Crippen molar-refractivity contribution in [2.24, 2.45) is 0 Å². The first-order valence-electron chi connectivity index (χ1n) is 3.78. The van der Waals surface area contributed by atoms with Crippen molar-refractivity contribution in [3.63, 3.8) is 0 Å². The largest absolute Gasteiger partial charge is 0.460 e. The molecular formula is C8H18NO2+. The lowest BCUT2D eigenvalue weighted by Crippen LogP contribution is -2.46. The Hall–Kier alpha value is -0.570. The number of quaternary nitrogens is 1. The van der Waals surface area contributed by atoms with Gasteiger partial charge in [0.25, 0.3) is 0 Å². The Morgan fingerprint density at radius 1 is 1.45 bits per heavy atom. The van der Waals surface area contributed by atoms with E-state index in [4.69, 9.17) is 4.74 Å². The van der Waals surface area contributed by atoms with Gasteiger partial charge in [0.1, 0.15) is 12.6 Å². The minimum absolute atomic E-state index is 0.203. The van der Waals surface area contributed by atoms with Crippen molar-refractivity contribution in [1.29, 1.82) is 0 Å². The molecule has 0 aromatic carbocycles. The van der Waals surface area contributed by atoms with Gasteiger partial charge in [-0.2, -0.15) is 0 Å². The van der Waals surface area contributed by atoms with E-state index in [-0.39, 0.29) is 5.97 Å². The van der Waals surface area contributed by atoms with Crippen LogP contribution >= 0.6 is 0 Å². The first kappa shape index (κ1) is 10.4. The maximum absolute atomic E-state index is 10.4. The molecule has 3 nitrogen and oxygen atoms in total. The lowest BCUT2D eigenvalue weighted by molar-refractivity contribution is -0.894. The minimum Gasteiger partial charge on any atom is -0.460 e. The summed E-state index contributed by atoms with van der Waals surface area (Å²) in [5, 5.41) is 0. The molecule has 0 saturated heterocycles. The fourth-order valence-electron chi connectivity index (χ4n) is 0.462. The van der Waals surface area contributed by atoms with Gasteiger partial charge >= 0.3 is 5.97 Å². The number of nitrogens with zero attached hydrogens (tertiary/aromatic N) is 1. The summed E-state index contributed by atoms with van der Waals surface area (Å²) in [5.74, 6) is -0.203. The highest BCUT2D eigenvalue weighted by Gasteiger charge is 2.18. The molecule has 0 amide bonds. The van der Waals surface area contributed by atoms with E-state index in [0.29, 0.717) is 12.6 Å². The molecule has 0 bridgehead atoms. The molecule has 0 aliphatic rings. The Kier molecular flexibility index (Phi) is 3.52. The van der Waals surface area contributed by atoms with E-state index in [9.17, 15) is 4.79 Å². The molecule has 0 radical (unpaired) electrons. The van der Waals surface area contributed by atoms with E-state index in [0.717, 1.165) is 4.48 Å². The summed E-state index contributed by atoms with van der Waals surface area (Å²) in [5.41, 5.74) is 0. The van der Waals surface area contributed by atoms with E-state index < -0.39 is 0 Å². The first-order valence-corrected chi connectivity index (χ1v) is 3.78. The Morgan fingerprint density at radius 2 is 1.91 bits per heavy atom. The molecule has 3 heteroatoms. The van der Waals surface area contributed by atoms with Crippen molar-refractivity contribution in [3.8, 4) is 0 Å². The van der Waals surface area contributed by atoms with Crippen molar-refractivity contribution in [2.75, 3.05) is 27.7 Å². The van der Waals surface area contributed by atoms with Crippen LogP contribution in [-0.2, 0) is 9.53 Å². The molecule has 0 aliphatic carbocycles. The molecule has 0 spiro atoms. The summed E-state index contributed by atoms with van der Waals surface area (Å²) in [4.78, 5) is 10.4. The average Bonchev–Trinajstić information content (AvgIpc) is 1.80. The number of esters is 1. The van der Waals surface area contributed by atoms with Crippen LogP contribution in [0.15, 0.2) is 0 Å². The Morgan fingerprint density at radius 3 is 2.18 bits per heavy atom. The minimum atomic E-state index is -0.203. The highest BCUT2D eigenvalue weighted by Crippen LogP contribution is 2.01. The van der Waals surface area contributed by atoms with E-state index in [1.807, 2.05) is 0 Å². The van der Waals surface area contributed by atoms with Gasteiger partial charge in [-0.3, -0.25) is 4.79 Å². The second-order valence-electron chi connectivity index (χ2n) is 3.77. The Balaban J connectivity index is 3.70. The number of hydrogen-bond acceptors (Lipinski definition) is 2. The van der Waals surface area contributed by atoms with Gasteiger partial charge in [-0.1, -0.05) is 0 Å². The molecule has 0 heterocycles. The molecule has 0 aliphatic heterocycles. The molecule has 0 saturated carbocycles. The number of likely N-dealkylation sites (N-methyl/N-ethyl adjacent to an activating group) is 1. The van der Waals surface area contributed by atoms with Crippen LogP contribution in [0.1, 0.15) is 13.8 Å². The van der Waals surface area contributed by atoms with Gasteiger partial charge in [-0.15, -0.1) is 0 Å². The van der Waals surface area contributed by atoms with Gasteiger partial charge in [-0.25, -0.2) is 0 Å². The molecule has 0 aromatic heterocycles. The summed E-state index contributed by atoms with van der Waals surface area (Å²) < 4.78 is 5.69. The highest BCUT2D eigenvalue weighted by molar-refractivity contribution is 5.65. The summed E-state index contributed by atoms with van der Waals surface area (Å²) in [7, 11) is 6.23. The summed E-state index contributed by atoms with van der Waals surface area (Å²) in [6.45, 7) is 3.99. The van der Waals surface area contributed by atoms with Crippen LogP contribution in [0, 0.1) is 0 Å². The molecule has 0 N–H and O–H groups in total. The zero-order valence-corrected chi connectivity index (χ0v) is 8.05. The number of carbonyl (C=O) groups is 1. The molecule has 66 valence electrons. The van der Waals surface area contributed by atoms with Gasteiger partial charge < -0.3 is 9.22 Å². The third kappa shape index (κ3) is 4.79. The Labute approximate surface area is 68.5 Å². The monoisotopic (exact) mass is 160 g/mol. The summed E-state index contributed by atoms with van der Waals surface area (Å²) >= 11 is 0. The molecule has 11 heavy (non-hydrogen) atoms. The quantitative estimate of drug-likeness (QED) is 0.447. The molecule has 1 atom stereocenters. The predicted molar refractivity (Wildman–Crippen MR) is 44.1 cm³/mol. The maximum atomic E-state index is 10.4. The van der Waals surface area contributed by atoms with Crippen LogP contribution in [0.4, 0.5) is 0 Å². The van der Waals surface area contributed by atoms with Crippen LogP contribution < -0.4 is 0 Å². The third-order valence-corrected chi connectivity index (χ3v) is 1.85. The van der Waals surface area contributed by atoms with Gasteiger partial charge in [0.05, 0.1) is 21.1 Å². The fourth-order valence-corrected chi connectivity index (χ4v) is 0.462. The molecule has 0 fully saturated rings. The van der Waals surface area contributed by atoms with Gasteiger partial charge in [-0.05, 0) is 6.92 Å². The van der Waals surface area contributed by atoms with Crippen LogP contribution in [0.3, 0.4) is 0 Å². The van der Waals surface area contributed by atoms with Crippen LogP contribution in [0.25, 0.3) is 0 Å². The van der Waals surface area contributed by atoms with Crippen LogP contribution in [-0.4, -0.2) is 44.2 Å².